The Morgan fingerprint density at radius 2 is 1.75 bits per heavy atom. The number of allylic oxidation sites excluding steroid dienone is 1. The van der Waals surface area contributed by atoms with E-state index >= 15 is 0 Å². The molecule has 0 aromatic carbocycles. The summed E-state index contributed by atoms with van der Waals surface area (Å²) in [6.07, 6.45) is -3.99. The number of aliphatic hydroxyl groups is 3. The molecule has 11 N–H and O–H groups in total. The fourth-order valence-electron chi connectivity index (χ4n) is 4.92. The fourth-order valence-corrected chi connectivity index (χ4v) is 8.49. The van der Waals surface area contributed by atoms with Gasteiger partial charge in [0.25, 0.3) is 0 Å². The van der Waals surface area contributed by atoms with Gasteiger partial charge in [0.1, 0.15) is 36.3 Å². The smallest absolute Gasteiger partial charge is 0.392 e. The molecule has 29 heteroatoms. The number of phosphoric acid groups is 3. The van der Waals surface area contributed by atoms with Crippen LogP contribution in [0.1, 0.15) is 46.3 Å². The number of imidazole rings is 1. The third-order valence-corrected chi connectivity index (χ3v) is 11.8. The largest absolute Gasteiger partial charge is 0.481 e. The van der Waals surface area contributed by atoms with Gasteiger partial charge in [-0.15, -0.1) is 0 Å². The van der Waals surface area contributed by atoms with Crippen LogP contribution in [0.15, 0.2) is 24.8 Å². The van der Waals surface area contributed by atoms with Crippen LogP contribution in [0, 0.1) is 5.41 Å². The number of aromatic nitrogens is 4. The van der Waals surface area contributed by atoms with Gasteiger partial charge in [-0.05, 0) is 13.3 Å². The summed E-state index contributed by atoms with van der Waals surface area (Å²) in [5.41, 5.74) is 4.23. The average molecular weight is 894 g/mol. The lowest BCUT2D eigenvalue weighted by Gasteiger charge is -2.30. The van der Waals surface area contributed by atoms with Gasteiger partial charge in [0.2, 0.25) is 11.8 Å². The quantitative estimate of drug-likeness (QED) is 0.0377. The number of nitrogens with two attached hydrogens (primary N) is 1. The van der Waals surface area contributed by atoms with Crippen molar-refractivity contribution < 1.29 is 85.6 Å². The van der Waals surface area contributed by atoms with Gasteiger partial charge in [-0.2, -0.15) is 4.31 Å². The molecule has 1 saturated heterocycles. The Morgan fingerprint density at radius 3 is 2.42 bits per heavy atom. The first kappa shape index (κ1) is 48.6. The van der Waals surface area contributed by atoms with Crippen LogP contribution in [0.5, 0.6) is 0 Å². The van der Waals surface area contributed by atoms with E-state index in [9.17, 15) is 63.0 Å². The van der Waals surface area contributed by atoms with Crippen LogP contribution in [0.3, 0.4) is 0 Å². The Bertz CT molecular complexity index is 1880. The van der Waals surface area contributed by atoms with E-state index in [-0.39, 0.29) is 53.8 Å². The number of hydrogen-bond donors (Lipinski definition) is 10. The van der Waals surface area contributed by atoms with E-state index in [1.165, 1.54) is 13.8 Å². The van der Waals surface area contributed by atoms with Crippen molar-refractivity contribution in [2.45, 2.75) is 76.8 Å². The normalized spacial score (nSPS) is 22.2. The molecule has 0 saturated carbocycles. The number of aliphatic hydroxyl groups excluding tert-OH is 3. The van der Waals surface area contributed by atoms with Crippen LogP contribution in [-0.2, 0) is 50.7 Å². The highest BCUT2D eigenvalue weighted by molar-refractivity contribution is 8.13. The van der Waals surface area contributed by atoms with Gasteiger partial charge in [-0.1, -0.05) is 37.8 Å². The van der Waals surface area contributed by atoms with E-state index in [2.05, 4.69) is 34.4 Å². The molecule has 1 aliphatic rings. The number of fused-ring (bicyclic) bond motifs is 1. The molecule has 2 aromatic rings. The number of carbonyl (C=O) groups excluding carboxylic acids is 3. The van der Waals surface area contributed by atoms with Crippen molar-refractivity contribution in [2.24, 2.45) is 5.41 Å². The standard InChI is InChI=1S/C28H46N7O18P3S/c1-4-5-6-16(36)11-19(38)57-10-9-30-18(37)7-8-31-26(41)23(40)28(2,3)13-50-56(47,48)53-55(45,46)49-12-17-22(52-54(42,43)44)21(39)27(51-17)35-15-34-20-24(29)32-14-33-25(20)35/h4-5,14-17,21-23,27,36,39-40H,6-13H2,1-3H3,(H,30,37)(H,31,41)(H,45,46)(H,47,48)(H2,29,32,33)(H2,42,43,44)/b5-4+. The number of thioether (sulfide) groups is 1. The summed E-state index contributed by atoms with van der Waals surface area (Å²) in [7, 11) is -16.4. The van der Waals surface area contributed by atoms with Crippen LogP contribution in [0.2, 0.25) is 0 Å². The van der Waals surface area contributed by atoms with Gasteiger partial charge in [0.05, 0.1) is 25.6 Å². The lowest BCUT2D eigenvalue weighted by Crippen LogP contribution is -2.46. The number of rotatable bonds is 23. The van der Waals surface area contributed by atoms with Gasteiger partial charge in [0, 0.05) is 37.1 Å². The highest BCUT2D eigenvalue weighted by Crippen LogP contribution is 2.61. The second-order valence-corrected chi connectivity index (χ2v) is 18.3. The highest BCUT2D eigenvalue weighted by atomic mass is 32.2. The summed E-state index contributed by atoms with van der Waals surface area (Å²) in [5, 5.41) is 35.8. The molecule has 0 radical (unpaired) electrons. The molecule has 2 aromatic heterocycles. The van der Waals surface area contributed by atoms with Crippen molar-refractivity contribution in [3.05, 3.63) is 24.8 Å². The van der Waals surface area contributed by atoms with Crippen molar-refractivity contribution in [1.29, 1.82) is 0 Å². The van der Waals surface area contributed by atoms with Crippen molar-refractivity contribution in [3.8, 4) is 0 Å². The van der Waals surface area contributed by atoms with Crippen molar-refractivity contribution in [1.82, 2.24) is 30.2 Å². The first-order valence-corrected chi connectivity index (χ1v) is 22.3. The Hall–Kier alpha value is -2.74. The zero-order valence-electron chi connectivity index (χ0n) is 30.7. The molecule has 57 heavy (non-hydrogen) atoms. The lowest BCUT2D eigenvalue weighted by molar-refractivity contribution is -0.137. The van der Waals surface area contributed by atoms with Crippen LogP contribution in [0.25, 0.3) is 11.2 Å². The number of nitrogens with one attached hydrogen (secondary N) is 2. The highest BCUT2D eigenvalue weighted by Gasteiger charge is 2.50. The Kier molecular flexibility index (Phi) is 17.9. The van der Waals surface area contributed by atoms with Gasteiger partial charge in [0.15, 0.2) is 22.8 Å². The minimum absolute atomic E-state index is 0.0254. The summed E-state index contributed by atoms with van der Waals surface area (Å²) in [6, 6.07) is 0. The number of phosphoric ester groups is 3. The van der Waals surface area contributed by atoms with E-state index < -0.39 is 90.7 Å². The monoisotopic (exact) mass is 893 g/mol. The first-order chi connectivity index (χ1) is 26.4. The SMILES string of the molecule is C/C=C/CC(O)CC(=O)SCCNC(=O)CCNC(=O)C(O)C(C)(C)COP(=O)(O)OP(=O)(O)OCC1OC(n2cnc3c(N)ncnc32)C(O)C1OP(=O)(O)O. The average Bonchev–Trinajstić information content (AvgIpc) is 3.67. The Morgan fingerprint density at radius 1 is 1.07 bits per heavy atom. The topological polar surface area (TPSA) is 384 Å². The molecule has 0 spiro atoms. The lowest BCUT2D eigenvalue weighted by atomic mass is 9.87. The molecule has 3 rings (SSSR count). The van der Waals surface area contributed by atoms with Gasteiger partial charge < -0.3 is 56.0 Å². The van der Waals surface area contributed by atoms with Crippen LogP contribution >= 0.6 is 35.2 Å². The van der Waals surface area contributed by atoms with Gasteiger partial charge >= 0.3 is 23.5 Å². The van der Waals surface area contributed by atoms with E-state index in [0.29, 0.717) is 6.42 Å². The molecule has 0 aliphatic carbocycles. The summed E-state index contributed by atoms with van der Waals surface area (Å²) in [4.78, 5) is 87.5. The van der Waals surface area contributed by atoms with Crippen molar-refractivity contribution in [2.75, 3.05) is 37.8 Å². The number of anilines is 1. The number of amides is 2. The third-order valence-electron chi connectivity index (χ3n) is 7.81. The zero-order valence-corrected chi connectivity index (χ0v) is 34.2. The molecule has 25 nitrogen and oxygen atoms in total. The first-order valence-electron chi connectivity index (χ1n) is 16.8. The van der Waals surface area contributed by atoms with Crippen LogP contribution in [0.4, 0.5) is 5.82 Å². The molecular formula is C28H46N7O18P3S. The second kappa shape index (κ2) is 21.0. The maximum Gasteiger partial charge on any atom is 0.481 e. The molecular weight excluding hydrogens is 847 g/mol. The van der Waals surface area contributed by atoms with Crippen molar-refractivity contribution >= 4 is 69.1 Å². The molecule has 1 aliphatic heterocycles. The van der Waals surface area contributed by atoms with Crippen molar-refractivity contribution in [3.63, 3.8) is 0 Å². The number of hydrogen-bond acceptors (Lipinski definition) is 19. The maximum absolute atomic E-state index is 12.7. The number of carbonyl (C=O) groups is 3. The predicted octanol–water partition coefficient (Wildman–Crippen LogP) is -0.618. The molecule has 8 atom stereocenters. The molecule has 0 bridgehead atoms. The Balaban J connectivity index is 1.47. The molecule has 3 heterocycles. The minimum atomic E-state index is -5.58. The molecule has 8 unspecified atom stereocenters. The van der Waals surface area contributed by atoms with Gasteiger partial charge in [-0.3, -0.25) is 32.5 Å². The summed E-state index contributed by atoms with van der Waals surface area (Å²) < 4.78 is 62.1. The second-order valence-electron chi connectivity index (χ2n) is 13.0. The summed E-state index contributed by atoms with van der Waals surface area (Å²) in [6.45, 7) is 2.14. The predicted molar refractivity (Wildman–Crippen MR) is 197 cm³/mol. The Labute approximate surface area is 329 Å². The third kappa shape index (κ3) is 15.4. The van der Waals surface area contributed by atoms with E-state index in [1.807, 2.05) is 0 Å². The molecule has 322 valence electrons. The van der Waals surface area contributed by atoms with E-state index in [1.54, 1.807) is 19.1 Å². The van der Waals surface area contributed by atoms with Crippen LogP contribution < -0.4 is 16.4 Å². The van der Waals surface area contributed by atoms with E-state index in [4.69, 9.17) is 19.5 Å². The molecule has 2 amide bonds. The minimum Gasteiger partial charge on any atom is -0.392 e. The number of nitrogen functional groups attached to an aromatic ring is 1. The summed E-state index contributed by atoms with van der Waals surface area (Å²) >= 11 is 0.948. The fraction of sp³-hybridized carbons (Fsp3) is 0.643. The van der Waals surface area contributed by atoms with E-state index in [0.717, 1.165) is 29.0 Å². The van der Waals surface area contributed by atoms with Crippen LogP contribution in [-0.4, -0.2) is 134 Å². The molecule has 1 fully saturated rings. The maximum atomic E-state index is 12.7. The van der Waals surface area contributed by atoms with Gasteiger partial charge in [-0.25, -0.2) is 28.6 Å². The summed E-state index contributed by atoms with van der Waals surface area (Å²) in [5.74, 6) is -1.27. The number of nitrogens with zero attached hydrogens (tertiary/aromatic N) is 4. The zero-order chi connectivity index (χ0) is 42.8. The number of ether oxygens (including phenoxy) is 1.